The fourth-order valence-electron chi connectivity index (χ4n) is 2.71. The minimum atomic E-state index is -0.315. The zero-order chi connectivity index (χ0) is 15.9. The molecule has 1 heterocycles. The Morgan fingerprint density at radius 2 is 1.82 bits per heavy atom. The van der Waals surface area contributed by atoms with Crippen molar-refractivity contribution in [1.29, 1.82) is 0 Å². The smallest absolute Gasteiger partial charge is 0.258 e. The Morgan fingerprint density at radius 3 is 2.45 bits per heavy atom. The summed E-state index contributed by atoms with van der Waals surface area (Å²) in [6.45, 7) is 0.195. The predicted octanol–water partition coefficient (Wildman–Crippen LogP) is 3.46. The minimum absolute atomic E-state index is 0.127. The van der Waals surface area contributed by atoms with Gasteiger partial charge in [0.05, 0.1) is 0 Å². The van der Waals surface area contributed by atoms with Gasteiger partial charge in [-0.25, -0.2) is 4.39 Å². The third-order valence-corrected chi connectivity index (χ3v) is 4.04. The van der Waals surface area contributed by atoms with E-state index in [0.29, 0.717) is 16.1 Å². The molecular formula is C17H14ClFN2O. The Labute approximate surface area is 131 Å². The third kappa shape index (κ3) is 2.30. The second kappa shape index (κ2) is 5.55. The largest absolute Gasteiger partial charge is 0.325 e. The second-order valence-electron chi connectivity index (χ2n) is 5.09. The van der Waals surface area contributed by atoms with Crippen molar-refractivity contribution in [1.82, 2.24) is 4.57 Å². The number of pyridine rings is 1. The predicted molar refractivity (Wildman–Crippen MR) is 87.5 cm³/mol. The molecule has 112 valence electrons. The highest BCUT2D eigenvalue weighted by atomic mass is 35.5. The molecule has 0 unspecified atom stereocenters. The van der Waals surface area contributed by atoms with E-state index in [0.717, 1.165) is 16.5 Å². The van der Waals surface area contributed by atoms with Crippen molar-refractivity contribution >= 4 is 22.4 Å². The molecule has 5 heteroatoms. The molecule has 0 atom stereocenters. The molecule has 0 amide bonds. The van der Waals surface area contributed by atoms with Crippen LogP contribution in [0, 0.1) is 5.82 Å². The van der Waals surface area contributed by atoms with Gasteiger partial charge in [-0.15, -0.1) is 0 Å². The molecule has 0 saturated heterocycles. The Morgan fingerprint density at radius 1 is 1.14 bits per heavy atom. The van der Waals surface area contributed by atoms with Crippen LogP contribution in [0.1, 0.15) is 5.69 Å². The molecule has 2 N–H and O–H groups in total. The first-order valence-corrected chi connectivity index (χ1v) is 7.18. The van der Waals surface area contributed by atoms with Gasteiger partial charge in [-0.3, -0.25) is 4.79 Å². The number of hydrogen-bond acceptors (Lipinski definition) is 2. The maximum absolute atomic E-state index is 13.2. The van der Waals surface area contributed by atoms with Gasteiger partial charge in [0.2, 0.25) is 0 Å². The van der Waals surface area contributed by atoms with Gasteiger partial charge in [0, 0.05) is 35.3 Å². The van der Waals surface area contributed by atoms with Crippen LogP contribution in [0.15, 0.2) is 47.3 Å². The molecule has 0 aliphatic carbocycles. The van der Waals surface area contributed by atoms with E-state index in [9.17, 15) is 9.18 Å². The second-order valence-corrected chi connectivity index (χ2v) is 5.52. The molecule has 3 rings (SSSR count). The van der Waals surface area contributed by atoms with Crippen LogP contribution in [0.4, 0.5) is 4.39 Å². The molecule has 0 saturated carbocycles. The number of rotatable bonds is 2. The van der Waals surface area contributed by atoms with E-state index >= 15 is 0 Å². The summed E-state index contributed by atoms with van der Waals surface area (Å²) in [7, 11) is 1.69. The maximum atomic E-state index is 13.2. The van der Waals surface area contributed by atoms with Gasteiger partial charge in [-0.2, -0.15) is 0 Å². The molecule has 0 aliphatic rings. The van der Waals surface area contributed by atoms with Gasteiger partial charge in [0.1, 0.15) is 5.82 Å². The van der Waals surface area contributed by atoms with E-state index < -0.39 is 0 Å². The fraction of sp³-hybridized carbons (Fsp3) is 0.118. The van der Waals surface area contributed by atoms with Crippen LogP contribution in [0.5, 0.6) is 0 Å². The first-order valence-electron chi connectivity index (χ1n) is 6.80. The molecule has 0 bridgehead atoms. The molecule has 0 spiro atoms. The zero-order valence-corrected chi connectivity index (χ0v) is 12.7. The molecule has 1 aromatic heterocycles. The summed E-state index contributed by atoms with van der Waals surface area (Å²) >= 11 is 6.09. The lowest BCUT2D eigenvalue weighted by Gasteiger charge is -2.16. The van der Waals surface area contributed by atoms with Crippen molar-refractivity contribution in [3.8, 4) is 11.1 Å². The molecule has 3 nitrogen and oxygen atoms in total. The molecular weight excluding hydrogens is 303 g/mol. The quantitative estimate of drug-likeness (QED) is 0.787. The Balaban J connectivity index is 2.50. The van der Waals surface area contributed by atoms with Gasteiger partial charge in [0.15, 0.2) is 0 Å². The lowest BCUT2D eigenvalue weighted by atomic mass is 9.96. The summed E-state index contributed by atoms with van der Waals surface area (Å²) < 4.78 is 14.7. The summed E-state index contributed by atoms with van der Waals surface area (Å²) in [5.74, 6) is -0.315. The average molecular weight is 317 g/mol. The first-order chi connectivity index (χ1) is 10.5. The topological polar surface area (TPSA) is 48.0 Å². The van der Waals surface area contributed by atoms with Crippen LogP contribution in [0.2, 0.25) is 5.02 Å². The van der Waals surface area contributed by atoms with E-state index in [4.69, 9.17) is 17.3 Å². The fourth-order valence-corrected chi connectivity index (χ4v) is 2.89. The normalized spacial score (nSPS) is 11.1. The van der Waals surface area contributed by atoms with E-state index in [1.807, 2.05) is 0 Å². The van der Waals surface area contributed by atoms with Crippen molar-refractivity contribution in [2.24, 2.45) is 12.8 Å². The zero-order valence-electron chi connectivity index (χ0n) is 11.9. The average Bonchev–Trinajstić information content (AvgIpc) is 2.51. The number of aromatic nitrogens is 1. The Hall–Kier alpha value is -2.17. The molecule has 2 aromatic carbocycles. The molecule has 0 aliphatic heterocycles. The number of hydrogen-bond donors (Lipinski definition) is 1. The number of benzene rings is 2. The summed E-state index contributed by atoms with van der Waals surface area (Å²) in [5.41, 5.74) is 8.01. The van der Waals surface area contributed by atoms with Crippen molar-refractivity contribution in [3.63, 3.8) is 0 Å². The first kappa shape index (κ1) is 14.8. The number of halogens is 2. The van der Waals surface area contributed by atoms with Crippen molar-refractivity contribution < 1.29 is 4.39 Å². The van der Waals surface area contributed by atoms with Gasteiger partial charge >= 0.3 is 0 Å². The van der Waals surface area contributed by atoms with Gasteiger partial charge < -0.3 is 10.3 Å². The summed E-state index contributed by atoms with van der Waals surface area (Å²) in [6.07, 6.45) is 0. The van der Waals surface area contributed by atoms with Crippen molar-refractivity contribution in [2.75, 3.05) is 0 Å². The summed E-state index contributed by atoms with van der Waals surface area (Å²) in [5, 5.41) is 1.82. The van der Waals surface area contributed by atoms with Crippen LogP contribution in [-0.2, 0) is 13.6 Å². The Kier molecular flexibility index (Phi) is 3.72. The van der Waals surface area contributed by atoms with E-state index in [2.05, 4.69) is 0 Å². The van der Waals surface area contributed by atoms with E-state index in [1.165, 1.54) is 16.7 Å². The highest BCUT2D eigenvalue weighted by Gasteiger charge is 2.15. The molecule has 22 heavy (non-hydrogen) atoms. The molecule has 0 fully saturated rings. The van der Waals surface area contributed by atoms with Gasteiger partial charge in [-0.1, -0.05) is 23.7 Å². The molecule has 0 radical (unpaired) electrons. The molecule has 3 aromatic rings. The van der Waals surface area contributed by atoms with Gasteiger partial charge in [-0.05, 0) is 41.3 Å². The summed E-state index contributed by atoms with van der Waals surface area (Å²) in [4.78, 5) is 12.5. The number of nitrogens with zero attached hydrogens (tertiary/aromatic N) is 1. The lowest BCUT2D eigenvalue weighted by molar-refractivity contribution is 0.628. The Bertz CT molecular complexity index is 917. The standard InChI is InChI=1S/C17H14ClFN2O/c1-21-15(9-20)16(10-2-5-12(19)6-3-10)14-8-11(18)4-7-13(14)17(21)22/h2-8H,9,20H2,1H3. The van der Waals surface area contributed by atoms with Crippen LogP contribution in [0.25, 0.3) is 21.9 Å². The minimum Gasteiger partial charge on any atom is -0.325 e. The number of fused-ring (bicyclic) bond motifs is 1. The van der Waals surface area contributed by atoms with Crippen LogP contribution in [-0.4, -0.2) is 4.57 Å². The van der Waals surface area contributed by atoms with E-state index in [1.54, 1.807) is 37.4 Å². The number of nitrogens with two attached hydrogens (primary N) is 1. The SMILES string of the molecule is Cn1c(CN)c(-c2ccc(F)cc2)c2cc(Cl)ccc2c1=O. The highest BCUT2D eigenvalue weighted by molar-refractivity contribution is 6.31. The van der Waals surface area contributed by atoms with Crippen LogP contribution < -0.4 is 11.3 Å². The summed E-state index contributed by atoms with van der Waals surface area (Å²) in [6, 6.07) is 11.3. The van der Waals surface area contributed by atoms with Gasteiger partial charge in [0.25, 0.3) is 5.56 Å². The van der Waals surface area contributed by atoms with Crippen LogP contribution in [0.3, 0.4) is 0 Å². The van der Waals surface area contributed by atoms with E-state index in [-0.39, 0.29) is 17.9 Å². The maximum Gasteiger partial charge on any atom is 0.258 e. The monoisotopic (exact) mass is 316 g/mol. The van der Waals surface area contributed by atoms with Crippen LogP contribution >= 0.6 is 11.6 Å². The third-order valence-electron chi connectivity index (χ3n) is 3.81. The van der Waals surface area contributed by atoms with Crippen molar-refractivity contribution in [2.45, 2.75) is 6.54 Å². The van der Waals surface area contributed by atoms with Crippen molar-refractivity contribution in [3.05, 3.63) is 69.4 Å². The highest BCUT2D eigenvalue weighted by Crippen LogP contribution is 2.32. The lowest BCUT2D eigenvalue weighted by Crippen LogP contribution is -2.23.